The van der Waals surface area contributed by atoms with Gasteiger partial charge in [0.15, 0.2) is 11.6 Å². The maximum atomic E-state index is 14.8. The predicted octanol–water partition coefficient (Wildman–Crippen LogP) is 4.81. The first-order valence-electron chi connectivity index (χ1n) is 8.72. The molecule has 0 aliphatic heterocycles. The van der Waals surface area contributed by atoms with Gasteiger partial charge in [-0.1, -0.05) is 23.7 Å². The molecular formula is C21H17ClFN3O3. The second kappa shape index (κ2) is 7.97. The first-order chi connectivity index (χ1) is 14.1. The Bertz CT molecular complexity index is 1160. The number of halogens is 2. The van der Waals surface area contributed by atoms with Gasteiger partial charge in [0.2, 0.25) is 0 Å². The largest absolute Gasteiger partial charge is 0.497 e. The normalized spacial score (nSPS) is 10.9. The minimum Gasteiger partial charge on any atom is -0.497 e. The lowest BCUT2D eigenvalue weighted by molar-refractivity contribution is 0.287. The summed E-state index contributed by atoms with van der Waals surface area (Å²) in [6.07, 6.45) is 3.24. The number of hydrogen-bond acceptors (Lipinski definition) is 5. The van der Waals surface area contributed by atoms with E-state index in [1.165, 1.54) is 19.2 Å². The van der Waals surface area contributed by atoms with Gasteiger partial charge in [-0.25, -0.2) is 14.1 Å². The Hall–Kier alpha value is -3.32. The Balaban J connectivity index is 1.65. The van der Waals surface area contributed by atoms with E-state index in [0.29, 0.717) is 22.1 Å². The molecule has 2 aromatic carbocycles. The molecule has 2 heterocycles. The molecule has 0 radical (unpaired) electrons. The fraction of sp³-hybridized carbons (Fsp3) is 0.143. The molecule has 6 nitrogen and oxygen atoms in total. The Kier molecular flexibility index (Phi) is 5.22. The molecule has 8 heteroatoms. The predicted molar refractivity (Wildman–Crippen MR) is 108 cm³/mol. The Morgan fingerprint density at radius 3 is 2.52 bits per heavy atom. The van der Waals surface area contributed by atoms with Gasteiger partial charge in [-0.05, 0) is 17.7 Å². The van der Waals surface area contributed by atoms with E-state index in [2.05, 4.69) is 10.1 Å². The van der Waals surface area contributed by atoms with Gasteiger partial charge < -0.3 is 14.2 Å². The molecule has 0 aliphatic carbocycles. The molecule has 4 rings (SSSR count). The summed E-state index contributed by atoms with van der Waals surface area (Å²) in [7, 11) is 3.10. The van der Waals surface area contributed by atoms with Crippen molar-refractivity contribution in [1.82, 2.24) is 14.8 Å². The molecule has 0 fully saturated rings. The van der Waals surface area contributed by atoms with E-state index in [1.807, 2.05) is 24.3 Å². The second-order valence-corrected chi connectivity index (χ2v) is 6.60. The van der Waals surface area contributed by atoms with Crippen molar-refractivity contribution in [2.45, 2.75) is 6.61 Å². The summed E-state index contributed by atoms with van der Waals surface area (Å²) in [5.41, 5.74) is 2.00. The number of aromatic nitrogens is 3. The van der Waals surface area contributed by atoms with E-state index in [1.54, 1.807) is 30.3 Å². The quantitative estimate of drug-likeness (QED) is 0.424. The molecule has 0 spiro atoms. The number of nitrogens with zero attached hydrogens (tertiary/aromatic N) is 3. The standard InChI is InChI=1S/C21H17ClFN3O3/c1-27-15-5-3-13(4-6-15)12-29-19-9-20(28-2)18(7-16(19)23)26-17-8-21(22)24-10-14(17)11-25-26/h3-11H,12H2,1-2H3. The van der Waals surface area contributed by atoms with Crippen molar-refractivity contribution in [3.63, 3.8) is 0 Å². The molecular weight excluding hydrogens is 397 g/mol. The molecule has 0 unspecified atom stereocenters. The lowest BCUT2D eigenvalue weighted by Gasteiger charge is -2.14. The Morgan fingerprint density at radius 1 is 1.00 bits per heavy atom. The number of ether oxygens (including phenoxy) is 3. The third-order valence-corrected chi connectivity index (χ3v) is 4.64. The van der Waals surface area contributed by atoms with Crippen molar-refractivity contribution in [3.8, 4) is 22.9 Å². The summed E-state index contributed by atoms with van der Waals surface area (Å²) in [5, 5.41) is 5.41. The van der Waals surface area contributed by atoms with Crippen molar-refractivity contribution < 1.29 is 18.6 Å². The number of pyridine rings is 1. The van der Waals surface area contributed by atoms with Crippen LogP contribution in [0.1, 0.15) is 5.56 Å². The average molecular weight is 414 g/mol. The maximum absolute atomic E-state index is 14.8. The van der Waals surface area contributed by atoms with Gasteiger partial charge in [-0.3, -0.25) is 0 Å². The van der Waals surface area contributed by atoms with E-state index < -0.39 is 5.82 Å². The Labute approximate surface area is 171 Å². The lowest BCUT2D eigenvalue weighted by atomic mass is 10.2. The highest BCUT2D eigenvalue weighted by molar-refractivity contribution is 6.30. The van der Waals surface area contributed by atoms with Crippen molar-refractivity contribution in [2.24, 2.45) is 0 Å². The smallest absolute Gasteiger partial charge is 0.167 e. The van der Waals surface area contributed by atoms with Gasteiger partial charge in [-0.15, -0.1) is 0 Å². The second-order valence-electron chi connectivity index (χ2n) is 6.21. The van der Waals surface area contributed by atoms with Gasteiger partial charge in [0.1, 0.15) is 28.9 Å². The highest BCUT2D eigenvalue weighted by Crippen LogP contribution is 2.33. The van der Waals surface area contributed by atoms with Gasteiger partial charge >= 0.3 is 0 Å². The van der Waals surface area contributed by atoms with E-state index in [-0.39, 0.29) is 12.4 Å². The van der Waals surface area contributed by atoms with Crippen LogP contribution >= 0.6 is 11.6 Å². The first-order valence-corrected chi connectivity index (χ1v) is 9.10. The van der Waals surface area contributed by atoms with Gasteiger partial charge in [0.05, 0.1) is 25.9 Å². The van der Waals surface area contributed by atoms with Crippen LogP contribution in [0.15, 0.2) is 54.9 Å². The average Bonchev–Trinajstić information content (AvgIpc) is 3.15. The van der Waals surface area contributed by atoms with Gasteiger partial charge in [0.25, 0.3) is 0 Å². The van der Waals surface area contributed by atoms with Crippen LogP contribution < -0.4 is 14.2 Å². The molecule has 2 aromatic heterocycles. The summed E-state index contributed by atoms with van der Waals surface area (Å²) in [4.78, 5) is 4.03. The van der Waals surface area contributed by atoms with Crippen LogP contribution in [0.4, 0.5) is 4.39 Å². The Morgan fingerprint density at radius 2 is 1.79 bits per heavy atom. The minimum absolute atomic E-state index is 0.0811. The number of hydrogen-bond donors (Lipinski definition) is 0. The third kappa shape index (κ3) is 3.82. The molecule has 0 saturated carbocycles. The van der Waals surface area contributed by atoms with Crippen molar-refractivity contribution in [3.05, 3.63) is 71.4 Å². The van der Waals surface area contributed by atoms with Crippen molar-refractivity contribution in [2.75, 3.05) is 14.2 Å². The fourth-order valence-electron chi connectivity index (χ4n) is 2.93. The third-order valence-electron chi connectivity index (χ3n) is 4.43. The van der Waals surface area contributed by atoms with E-state index in [9.17, 15) is 4.39 Å². The summed E-state index contributed by atoms with van der Waals surface area (Å²) in [6, 6.07) is 11.8. The molecule has 0 bridgehead atoms. The van der Waals surface area contributed by atoms with E-state index >= 15 is 0 Å². The zero-order valence-corrected chi connectivity index (χ0v) is 16.5. The van der Waals surface area contributed by atoms with Crippen LogP contribution in [0, 0.1) is 5.82 Å². The molecule has 0 N–H and O–H groups in total. The summed E-state index contributed by atoms with van der Waals surface area (Å²) < 4.78 is 32.6. The molecule has 29 heavy (non-hydrogen) atoms. The summed E-state index contributed by atoms with van der Waals surface area (Å²) >= 11 is 6.00. The lowest BCUT2D eigenvalue weighted by Crippen LogP contribution is -2.03. The van der Waals surface area contributed by atoms with Crippen LogP contribution in [-0.4, -0.2) is 29.0 Å². The minimum atomic E-state index is -0.530. The molecule has 148 valence electrons. The zero-order valence-electron chi connectivity index (χ0n) is 15.7. The number of methoxy groups -OCH3 is 2. The maximum Gasteiger partial charge on any atom is 0.167 e. The first kappa shape index (κ1) is 19.0. The van der Waals surface area contributed by atoms with Crippen LogP contribution in [0.25, 0.3) is 16.6 Å². The number of rotatable bonds is 6. The van der Waals surface area contributed by atoms with Crippen molar-refractivity contribution in [1.29, 1.82) is 0 Å². The van der Waals surface area contributed by atoms with Crippen molar-refractivity contribution >= 4 is 22.5 Å². The van der Waals surface area contributed by atoms with Crippen LogP contribution in [0.3, 0.4) is 0 Å². The fourth-order valence-corrected chi connectivity index (χ4v) is 3.09. The molecule has 0 aliphatic rings. The van der Waals surface area contributed by atoms with Crippen LogP contribution in [-0.2, 0) is 6.61 Å². The zero-order chi connectivity index (χ0) is 20.4. The van der Waals surface area contributed by atoms with E-state index in [4.69, 9.17) is 25.8 Å². The van der Waals surface area contributed by atoms with Crippen LogP contribution in [0.2, 0.25) is 5.15 Å². The summed E-state index contributed by atoms with van der Waals surface area (Å²) in [5.74, 6) is 0.706. The molecule has 0 atom stereocenters. The SMILES string of the molecule is COc1ccc(COc2cc(OC)c(-n3ncc4cnc(Cl)cc43)cc2F)cc1. The molecule has 0 saturated heterocycles. The topological polar surface area (TPSA) is 58.4 Å². The molecule has 0 amide bonds. The number of benzene rings is 2. The number of fused-ring (bicyclic) bond motifs is 1. The van der Waals surface area contributed by atoms with Gasteiger partial charge in [-0.2, -0.15) is 5.10 Å². The monoisotopic (exact) mass is 413 g/mol. The van der Waals surface area contributed by atoms with Crippen LogP contribution in [0.5, 0.6) is 17.2 Å². The highest BCUT2D eigenvalue weighted by Gasteiger charge is 2.16. The van der Waals surface area contributed by atoms with E-state index in [0.717, 1.165) is 16.7 Å². The summed E-state index contributed by atoms with van der Waals surface area (Å²) in [6.45, 7) is 0.204. The highest BCUT2D eigenvalue weighted by atomic mass is 35.5. The molecule has 4 aromatic rings. The van der Waals surface area contributed by atoms with Gasteiger partial charge in [0, 0.05) is 29.8 Å².